The van der Waals surface area contributed by atoms with Gasteiger partial charge in [0, 0.05) is 6.54 Å². The van der Waals surface area contributed by atoms with Crippen LogP contribution < -0.4 is 5.32 Å². The predicted octanol–water partition coefficient (Wildman–Crippen LogP) is 3.96. The summed E-state index contributed by atoms with van der Waals surface area (Å²) in [5.74, 6) is -0.0466. The average Bonchev–Trinajstić information content (AvgIpc) is 3.35. The van der Waals surface area contributed by atoms with Crippen molar-refractivity contribution in [3.05, 3.63) is 0 Å². The highest BCUT2D eigenvalue weighted by Crippen LogP contribution is 2.33. The first kappa shape index (κ1) is 20.4. The monoisotopic (exact) mass is 327 g/mol. The molecule has 1 aliphatic heterocycles. The van der Waals surface area contributed by atoms with Gasteiger partial charge in [-0.2, -0.15) is 0 Å². The second-order valence-corrected chi connectivity index (χ2v) is 6.90. The first-order chi connectivity index (χ1) is 11.2. The van der Waals surface area contributed by atoms with E-state index < -0.39 is 5.60 Å². The number of rotatable bonds is 16. The fourth-order valence-electron chi connectivity index (χ4n) is 3.06. The molecule has 0 aromatic heterocycles. The largest absolute Gasteiger partial charge is 0.395 e. The van der Waals surface area contributed by atoms with E-state index >= 15 is 0 Å². The molecule has 1 aliphatic rings. The van der Waals surface area contributed by atoms with Gasteiger partial charge >= 0.3 is 0 Å². The van der Waals surface area contributed by atoms with Crippen LogP contribution in [-0.4, -0.2) is 36.4 Å². The van der Waals surface area contributed by atoms with Gasteiger partial charge in [-0.3, -0.25) is 4.79 Å². The summed E-state index contributed by atoms with van der Waals surface area (Å²) in [4.78, 5) is 11.9. The highest BCUT2D eigenvalue weighted by molar-refractivity contribution is 5.87. The second-order valence-electron chi connectivity index (χ2n) is 6.90. The fraction of sp³-hybridized carbons (Fsp3) is 0.947. The van der Waals surface area contributed by atoms with E-state index in [9.17, 15) is 4.79 Å². The van der Waals surface area contributed by atoms with Crippen LogP contribution in [0.15, 0.2) is 0 Å². The van der Waals surface area contributed by atoms with E-state index in [1.54, 1.807) is 0 Å². The molecule has 4 nitrogen and oxygen atoms in total. The van der Waals surface area contributed by atoms with Gasteiger partial charge in [-0.25, -0.2) is 0 Å². The van der Waals surface area contributed by atoms with Crippen molar-refractivity contribution in [2.45, 2.75) is 96.0 Å². The Morgan fingerprint density at radius 3 is 1.87 bits per heavy atom. The van der Waals surface area contributed by atoms with E-state index in [-0.39, 0.29) is 12.5 Å². The quantitative estimate of drug-likeness (QED) is 0.333. The SMILES string of the molecule is CCCCCCCCCCCCCC[C@]1(C(=O)NCCO)CO1. The summed E-state index contributed by atoms with van der Waals surface area (Å²) in [6.07, 6.45) is 16.7. The Balaban J connectivity index is 1.85. The normalized spacial score (nSPS) is 19.7. The molecular formula is C19H37NO3. The maximum atomic E-state index is 11.9. The molecule has 0 aromatic carbocycles. The second kappa shape index (κ2) is 12.8. The minimum Gasteiger partial charge on any atom is -0.395 e. The number of epoxide rings is 1. The molecule has 1 saturated heterocycles. The van der Waals surface area contributed by atoms with Crippen molar-refractivity contribution in [2.75, 3.05) is 19.8 Å². The Labute approximate surface area is 142 Å². The van der Waals surface area contributed by atoms with Crippen LogP contribution in [0.3, 0.4) is 0 Å². The van der Waals surface area contributed by atoms with E-state index in [2.05, 4.69) is 12.2 Å². The van der Waals surface area contributed by atoms with Crippen LogP contribution in [0.4, 0.5) is 0 Å². The molecular weight excluding hydrogens is 290 g/mol. The summed E-state index contributed by atoms with van der Waals surface area (Å²) in [5, 5.41) is 11.4. The summed E-state index contributed by atoms with van der Waals surface area (Å²) in [5.41, 5.74) is -0.562. The van der Waals surface area contributed by atoms with Gasteiger partial charge in [0.15, 0.2) is 5.60 Å². The topological polar surface area (TPSA) is 61.9 Å². The van der Waals surface area contributed by atoms with Crippen LogP contribution in [0.25, 0.3) is 0 Å². The van der Waals surface area contributed by atoms with Crippen molar-refractivity contribution >= 4 is 5.91 Å². The summed E-state index contributed by atoms with van der Waals surface area (Å²) >= 11 is 0. The molecule has 0 saturated carbocycles. The molecule has 1 rings (SSSR count). The van der Waals surface area contributed by atoms with Crippen LogP contribution in [0.5, 0.6) is 0 Å². The van der Waals surface area contributed by atoms with Gasteiger partial charge < -0.3 is 15.2 Å². The molecule has 0 aromatic rings. The smallest absolute Gasteiger partial charge is 0.254 e. The standard InChI is InChI=1S/C19H37NO3/c1-2-3-4-5-6-7-8-9-10-11-12-13-14-19(17-23-19)18(22)20-15-16-21/h21H,2-17H2,1H3,(H,20,22)/t19-/m1/s1. The zero-order valence-corrected chi connectivity index (χ0v) is 15.1. The maximum absolute atomic E-state index is 11.9. The zero-order chi connectivity index (χ0) is 16.8. The molecule has 0 unspecified atom stereocenters. The summed E-state index contributed by atoms with van der Waals surface area (Å²) < 4.78 is 5.36. The number of hydrogen-bond donors (Lipinski definition) is 2. The van der Waals surface area contributed by atoms with Crippen LogP contribution in [0, 0.1) is 0 Å². The van der Waals surface area contributed by atoms with Gasteiger partial charge in [0.2, 0.25) is 0 Å². The van der Waals surface area contributed by atoms with Crippen LogP contribution >= 0.6 is 0 Å². The Hall–Kier alpha value is -0.610. The van der Waals surface area contributed by atoms with Gasteiger partial charge in [0.05, 0.1) is 13.2 Å². The van der Waals surface area contributed by atoms with Gasteiger partial charge in [0.25, 0.3) is 5.91 Å². The molecule has 2 N–H and O–H groups in total. The highest BCUT2D eigenvalue weighted by atomic mass is 16.6. The molecule has 1 heterocycles. The van der Waals surface area contributed by atoms with Crippen molar-refractivity contribution in [3.63, 3.8) is 0 Å². The third-order valence-corrected chi connectivity index (χ3v) is 4.74. The van der Waals surface area contributed by atoms with Gasteiger partial charge in [0.1, 0.15) is 0 Å². The molecule has 0 bridgehead atoms. The molecule has 136 valence electrons. The first-order valence-electron chi connectivity index (χ1n) is 9.78. The molecule has 1 atom stereocenters. The third kappa shape index (κ3) is 9.31. The molecule has 1 fully saturated rings. The highest BCUT2D eigenvalue weighted by Gasteiger charge is 2.51. The number of carbonyl (C=O) groups is 1. The fourth-order valence-corrected chi connectivity index (χ4v) is 3.06. The van der Waals surface area contributed by atoms with E-state index in [0.29, 0.717) is 13.2 Å². The van der Waals surface area contributed by atoms with Crippen LogP contribution in [0.2, 0.25) is 0 Å². The Morgan fingerprint density at radius 1 is 0.957 bits per heavy atom. The lowest BCUT2D eigenvalue weighted by atomic mass is 9.99. The van der Waals surface area contributed by atoms with E-state index in [0.717, 1.165) is 12.8 Å². The van der Waals surface area contributed by atoms with Crippen LogP contribution in [0.1, 0.15) is 90.4 Å². The number of ether oxygens (including phenoxy) is 1. The van der Waals surface area contributed by atoms with Gasteiger partial charge in [-0.15, -0.1) is 0 Å². The van der Waals surface area contributed by atoms with Crippen molar-refractivity contribution in [3.8, 4) is 0 Å². The van der Waals surface area contributed by atoms with Crippen molar-refractivity contribution in [2.24, 2.45) is 0 Å². The number of hydrogen-bond acceptors (Lipinski definition) is 3. The van der Waals surface area contributed by atoms with Gasteiger partial charge in [-0.05, 0) is 12.8 Å². The van der Waals surface area contributed by atoms with Crippen molar-refractivity contribution in [1.29, 1.82) is 0 Å². The Morgan fingerprint density at radius 2 is 1.43 bits per heavy atom. The van der Waals surface area contributed by atoms with Gasteiger partial charge in [-0.1, -0.05) is 77.6 Å². The Bertz CT molecular complexity index is 303. The number of unbranched alkanes of at least 4 members (excludes halogenated alkanes) is 11. The number of aliphatic hydroxyl groups excluding tert-OH is 1. The minimum absolute atomic E-state index is 0.0135. The van der Waals surface area contributed by atoms with E-state index in [1.165, 1.54) is 70.6 Å². The molecule has 1 amide bonds. The van der Waals surface area contributed by atoms with E-state index in [4.69, 9.17) is 9.84 Å². The Kier molecular flexibility index (Phi) is 11.3. The number of amides is 1. The molecule has 23 heavy (non-hydrogen) atoms. The van der Waals surface area contributed by atoms with E-state index in [1.807, 2.05) is 0 Å². The number of carbonyl (C=O) groups excluding carboxylic acids is 1. The average molecular weight is 328 g/mol. The molecule has 0 spiro atoms. The number of aliphatic hydroxyl groups is 1. The summed E-state index contributed by atoms with van der Waals surface area (Å²) in [6, 6.07) is 0. The van der Waals surface area contributed by atoms with Crippen molar-refractivity contribution < 1.29 is 14.6 Å². The number of nitrogens with one attached hydrogen (secondary N) is 1. The zero-order valence-electron chi connectivity index (χ0n) is 15.1. The maximum Gasteiger partial charge on any atom is 0.254 e. The molecule has 0 aliphatic carbocycles. The predicted molar refractivity (Wildman–Crippen MR) is 94.5 cm³/mol. The van der Waals surface area contributed by atoms with Crippen LogP contribution in [-0.2, 0) is 9.53 Å². The lowest BCUT2D eigenvalue weighted by Gasteiger charge is -2.11. The lowest BCUT2D eigenvalue weighted by Crippen LogP contribution is -2.38. The lowest BCUT2D eigenvalue weighted by molar-refractivity contribution is -0.126. The van der Waals surface area contributed by atoms with Crippen molar-refractivity contribution in [1.82, 2.24) is 5.32 Å². The molecule has 0 radical (unpaired) electrons. The summed E-state index contributed by atoms with van der Waals surface area (Å²) in [6.45, 7) is 3.11. The molecule has 4 heteroatoms. The minimum atomic E-state index is -0.562. The third-order valence-electron chi connectivity index (χ3n) is 4.74. The first-order valence-corrected chi connectivity index (χ1v) is 9.78. The summed E-state index contributed by atoms with van der Waals surface area (Å²) in [7, 11) is 0.